The number of carbonyl (C=O) groups excluding carboxylic acids is 3. The van der Waals surface area contributed by atoms with E-state index in [9.17, 15) is 29.7 Å². The SMILES string of the molecule is CCCCCC/C=C\CCCCCCCC(=O)[O-].CCCCCC/C=C\CCCCCCCC(=O)[O-].CCCCCC/C=C\CCCCCCCC(=O)[O-].[K+].[K+].[K+]. The maximum absolute atomic E-state index is 10.2. The van der Waals surface area contributed by atoms with Crippen LogP contribution in [0.5, 0.6) is 0 Å². The van der Waals surface area contributed by atoms with Gasteiger partial charge in [0.1, 0.15) is 0 Å². The van der Waals surface area contributed by atoms with Gasteiger partial charge in [0.05, 0.1) is 0 Å². The minimum atomic E-state index is -0.916. The van der Waals surface area contributed by atoms with E-state index in [1.165, 1.54) is 154 Å². The summed E-state index contributed by atoms with van der Waals surface area (Å²) in [4.78, 5) is 30.5. The second-order valence-electron chi connectivity index (χ2n) is 15.0. The molecule has 0 radical (unpaired) electrons. The van der Waals surface area contributed by atoms with Crippen molar-refractivity contribution in [1.29, 1.82) is 0 Å². The Balaban J connectivity index is -0.000000167. The summed E-state index contributed by atoms with van der Waals surface area (Å²) in [6.07, 6.45) is 53.9. The normalized spacial score (nSPS) is 10.6. The summed E-state index contributed by atoms with van der Waals surface area (Å²) in [5, 5.41) is 30.5. The molecule has 0 heterocycles. The van der Waals surface area contributed by atoms with Crippen molar-refractivity contribution in [3.8, 4) is 0 Å². The Morgan fingerprint density at radius 2 is 0.439 bits per heavy atom. The molecule has 0 bridgehead atoms. The van der Waals surface area contributed by atoms with E-state index in [0.717, 1.165) is 57.8 Å². The van der Waals surface area contributed by atoms with E-state index < -0.39 is 17.9 Å². The van der Waals surface area contributed by atoms with E-state index in [-0.39, 0.29) is 173 Å². The van der Waals surface area contributed by atoms with Crippen LogP contribution in [-0.2, 0) is 14.4 Å². The maximum Gasteiger partial charge on any atom is 1.00 e. The number of allylic oxidation sites excluding steroid dienone is 6. The molecule has 0 aromatic heterocycles. The van der Waals surface area contributed by atoms with Crippen LogP contribution in [0.1, 0.15) is 252 Å². The topological polar surface area (TPSA) is 120 Å². The summed E-state index contributed by atoms with van der Waals surface area (Å²) in [6, 6.07) is 0. The fourth-order valence-corrected chi connectivity index (χ4v) is 5.96. The van der Waals surface area contributed by atoms with Gasteiger partial charge in [0.2, 0.25) is 0 Å². The molecule has 0 aliphatic carbocycles. The average Bonchev–Trinajstić information content (AvgIpc) is 3.14. The third-order valence-corrected chi connectivity index (χ3v) is 9.43. The van der Waals surface area contributed by atoms with Crippen LogP contribution in [-0.4, -0.2) is 17.9 Å². The first-order valence-electron chi connectivity index (χ1n) is 22.9. The molecule has 0 fully saturated rings. The third-order valence-electron chi connectivity index (χ3n) is 9.43. The fraction of sp³-hybridized carbons (Fsp3) is 0.812. The minimum absolute atomic E-state index is 0. The van der Waals surface area contributed by atoms with E-state index in [0.29, 0.717) is 0 Å². The molecule has 0 amide bonds. The molecule has 57 heavy (non-hydrogen) atoms. The van der Waals surface area contributed by atoms with Crippen LogP contribution in [0.25, 0.3) is 0 Å². The molecule has 9 heteroatoms. The van der Waals surface area contributed by atoms with Gasteiger partial charge >= 0.3 is 154 Å². The van der Waals surface area contributed by atoms with Crippen molar-refractivity contribution in [1.82, 2.24) is 0 Å². The van der Waals surface area contributed by atoms with Gasteiger partial charge in [0, 0.05) is 17.9 Å². The van der Waals surface area contributed by atoms with Gasteiger partial charge in [-0.1, -0.05) is 173 Å². The number of rotatable bonds is 39. The molecule has 0 rings (SSSR count). The summed E-state index contributed by atoms with van der Waals surface area (Å²) >= 11 is 0. The number of carboxylic acids is 3. The molecule has 0 aliphatic rings. The van der Waals surface area contributed by atoms with E-state index in [4.69, 9.17) is 0 Å². The van der Waals surface area contributed by atoms with Gasteiger partial charge in [-0.2, -0.15) is 0 Å². The summed E-state index contributed by atoms with van der Waals surface area (Å²) in [6.45, 7) is 6.72. The van der Waals surface area contributed by atoms with Gasteiger partial charge < -0.3 is 29.7 Å². The van der Waals surface area contributed by atoms with Crippen molar-refractivity contribution in [2.75, 3.05) is 0 Å². The number of unbranched alkanes of at least 4 members (excludes halogenated alkanes) is 27. The Hall–Kier alpha value is 2.54. The second kappa shape index (κ2) is 67.6. The zero-order valence-electron chi connectivity index (χ0n) is 38.9. The Bertz CT molecular complexity index is 754. The van der Waals surface area contributed by atoms with E-state index >= 15 is 0 Å². The van der Waals surface area contributed by atoms with Crippen LogP contribution < -0.4 is 169 Å². The Morgan fingerprint density at radius 3 is 0.614 bits per heavy atom. The van der Waals surface area contributed by atoms with Gasteiger partial charge in [-0.3, -0.25) is 0 Å². The smallest absolute Gasteiger partial charge is 0.550 e. The zero-order chi connectivity index (χ0) is 40.4. The van der Waals surface area contributed by atoms with Crippen molar-refractivity contribution >= 4 is 17.9 Å². The molecular weight excluding hydrogens is 790 g/mol. The van der Waals surface area contributed by atoms with Crippen LogP contribution in [0.2, 0.25) is 0 Å². The van der Waals surface area contributed by atoms with Crippen LogP contribution in [0.4, 0.5) is 0 Å². The van der Waals surface area contributed by atoms with Crippen molar-refractivity contribution in [3.05, 3.63) is 36.5 Å². The quantitative estimate of drug-likeness (QED) is 0.0533. The van der Waals surface area contributed by atoms with Gasteiger partial charge in [0.25, 0.3) is 0 Å². The average molecular weight is 878 g/mol. The standard InChI is InChI=1S/3C16H30O2.3K/c3*1-2-3-4-5-6-7-8-9-10-11-12-13-14-15-16(17)18;;;/h3*7-8H,2-6,9-15H2,1H3,(H,17,18);;;/q;;;3*+1/p-3/b3*8-7-;;;. The van der Waals surface area contributed by atoms with E-state index in [1.54, 1.807) is 0 Å². The van der Waals surface area contributed by atoms with Crippen LogP contribution in [0.3, 0.4) is 0 Å². The van der Waals surface area contributed by atoms with E-state index in [1.807, 2.05) is 0 Å². The van der Waals surface area contributed by atoms with Crippen LogP contribution >= 0.6 is 0 Å². The molecular formula is C48H87K3O6. The van der Waals surface area contributed by atoms with Gasteiger partial charge in [-0.25, -0.2) is 0 Å². The summed E-state index contributed by atoms with van der Waals surface area (Å²) in [7, 11) is 0. The molecule has 0 atom stereocenters. The molecule has 0 saturated heterocycles. The van der Waals surface area contributed by atoms with Gasteiger partial charge in [-0.05, 0) is 116 Å². The van der Waals surface area contributed by atoms with Crippen LogP contribution in [0.15, 0.2) is 36.5 Å². The number of hydrogen-bond acceptors (Lipinski definition) is 6. The third kappa shape index (κ3) is 82.8. The minimum Gasteiger partial charge on any atom is -0.550 e. The molecule has 0 aromatic carbocycles. The first-order chi connectivity index (χ1) is 26.3. The molecule has 0 aromatic rings. The summed E-state index contributed by atoms with van der Waals surface area (Å²) in [5.41, 5.74) is 0. The largest absolute Gasteiger partial charge is 1.00 e. The van der Waals surface area contributed by atoms with Gasteiger partial charge in [-0.15, -0.1) is 0 Å². The maximum atomic E-state index is 10.2. The van der Waals surface area contributed by atoms with Crippen molar-refractivity contribution in [3.63, 3.8) is 0 Å². The molecule has 0 aliphatic heterocycles. The van der Waals surface area contributed by atoms with Crippen molar-refractivity contribution in [2.24, 2.45) is 0 Å². The Morgan fingerprint density at radius 1 is 0.281 bits per heavy atom. The molecule has 6 nitrogen and oxygen atoms in total. The summed E-state index contributed by atoms with van der Waals surface area (Å²) in [5.74, 6) is -2.75. The van der Waals surface area contributed by atoms with E-state index in [2.05, 4.69) is 57.2 Å². The van der Waals surface area contributed by atoms with Gasteiger partial charge in [0.15, 0.2) is 0 Å². The number of aliphatic carboxylic acids is 3. The molecule has 0 N–H and O–H groups in total. The van der Waals surface area contributed by atoms with Crippen LogP contribution in [0, 0.1) is 0 Å². The number of carboxylic acid groups (broad SMARTS) is 3. The predicted octanol–water partition coefficient (Wildman–Crippen LogP) is 2.99. The number of carbonyl (C=O) groups is 3. The first kappa shape index (κ1) is 71.2. The number of hydrogen-bond donors (Lipinski definition) is 0. The summed E-state index contributed by atoms with van der Waals surface area (Å²) < 4.78 is 0. The Labute approximate surface area is 481 Å². The van der Waals surface area contributed by atoms with Crippen molar-refractivity contribution in [2.45, 2.75) is 252 Å². The molecule has 318 valence electrons. The molecule has 0 spiro atoms. The first-order valence-corrected chi connectivity index (χ1v) is 22.9. The molecule has 0 saturated carbocycles. The van der Waals surface area contributed by atoms with Crippen molar-refractivity contribution < 1.29 is 184 Å². The predicted molar refractivity (Wildman–Crippen MR) is 226 cm³/mol. The fourth-order valence-electron chi connectivity index (χ4n) is 5.96. The second-order valence-corrected chi connectivity index (χ2v) is 15.0. The monoisotopic (exact) mass is 877 g/mol. The zero-order valence-corrected chi connectivity index (χ0v) is 48.2. The Kier molecular flexibility index (Phi) is 84.4. The molecule has 0 unspecified atom stereocenters.